The molecule has 2 fully saturated rings. The van der Waals surface area contributed by atoms with Crippen molar-refractivity contribution < 1.29 is 8.42 Å². The number of aryl methyl sites for hydroxylation is 1. The minimum atomic E-state index is -3.37. The topological polar surface area (TPSA) is 63.4 Å². The standard InChI is InChI=1S/C15H22N2O2S/c1-11-4-2-6-13(8-11)20(18,19)17-9-12-5-3-7-15(16)14(12)10-17/h2,4,6,8,12,14-15H,3,5,7,9-10,16H2,1H3. The number of benzene rings is 1. The van der Waals surface area contributed by atoms with Crippen LogP contribution in [0.15, 0.2) is 29.2 Å². The largest absolute Gasteiger partial charge is 0.327 e. The molecule has 0 bridgehead atoms. The van der Waals surface area contributed by atoms with Crippen molar-refractivity contribution in [3.05, 3.63) is 29.8 Å². The predicted octanol–water partition coefficient (Wildman–Crippen LogP) is 1.74. The first kappa shape index (κ1) is 14.0. The molecule has 0 spiro atoms. The van der Waals surface area contributed by atoms with Gasteiger partial charge >= 0.3 is 0 Å². The van der Waals surface area contributed by atoms with Crippen LogP contribution in [0, 0.1) is 18.8 Å². The van der Waals surface area contributed by atoms with Gasteiger partial charge in [-0.2, -0.15) is 4.31 Å². The third kappa shape index (κ3) is 2.38. The van der Waals surface area contributed by atoms with Gasteiger partial charge in [-0.05, 0) is 49.3 Å². The summed E-state index contributed by atoms with van der Waals surface area (Å²) in [4.78, 5) is 0.407. The fourth-order valence-electron chi connectivity index (χ4n) is 3.60. The molecule has 1 aliphatic heterocycles. The Labute approximate surface area is 121 Å². The summed E-state index contributed by atoms with van der Waals surface area (Å²) in [5.74, 6) is 0.779. The van der Waals surface area contributed by atoms with Crippen molar-refractivity contribution in [3.8, 4) is 0 Å². The molecule has 4 nitrogen and oxygen atoms in total. The van der Waals surface area contributed by atoms with Crippen LogP contribution in [0.25, 0.3) is 0 Å². The van der Waals surface area contributed by atoms with Crippen LogP contribution in [0.4, 0.5) is 0 Å². The molecule has 1 saturated carbocycles. The molecule has 5 heteroatoms. The Morgan fingerprint density at radius 2 is 2.05 bits per heavy atom. The van der Waals surface area contributed by atoms with Gasteiger partial charge in [-0.25, -0.2) is 8.42 Å². The number of hydrogen-bond acceptors (Lipinski definition) is 3. The monoisotopic (exact) mass is 294 g/mol. The molecule has 3 rings (SSSR count). The molecule has 2 aliphatic rings. The van der Waals surface area contributed by atoms with Gasteiger partial charge in [-0.15, -0.1) is 0 Å². The van der Waals surface area contributed by atoms with Crippen molar-refractivity contribution in [3.63, 3.8) is 0 Å². The number of nitrogens with zero attached hydrogens (tertiary/aromatic N) is 1. The van der Waals surface area contributed by atoms with Crippen molar-refractivity contribution in [1.29, 1.82) is 0 Å². The Morgan fingerprint density at radius 1 is 1.25 bits per heavy atom. The van der Waals surface area contributed by atoms with E-state index in [1.54, 1.807) is 22.5 Å². The van der Waals surface area contributed by atoms with Gasteiger partial charge in [0.25, 0.3) is 0 Å². The van der Waals surface area contributed by atoms with Crippen molar-refractivity contribution in [2.45, 2.75) is 37.1 Å². The van der Waals surface area contributed by atoms with Gasteiger partial charge in [0.15, 0.2) is 0 Å². The summed E-state index contributed by atoms with van der Waals surface area (Å²) in [5, 5.41) is 0. The van der Waals surface area contributed by atoms with Crippen molar-refractivity contribution in [2.75, 3.05) is 13.1 Å². The van der Waals surface area contributed by atoms with Gasteiger partial charge in [0, 0.05) is 19.1 Å². The Bertz CT molecular complexity index is 600. The molecule has 1 aromatic rings. The lowest BCUT2D eigenvalue weighted by atomic mass is 9.78. The molecule has 0 radical (unpaired) electrons. The van der Waals surface area contributed by atoms with Crippen molar-refractivity contribution in [1.82, 2.24) is 4.31 Å². The summed E-state index contributed by atoms with van der Waals surface area (Å²) < 4.78 is 27.1. The van der Waals surface area contributed by atoms with Gasteiger partial charge in [-0.1, -0.05) is 18.6 Å². The molecule has 1 aromatic carbocycles. The van der Waals surface area contributed by atoms with Crippen LogP contribution >= 0.6 is 0 Å². The lowest BCUT2D eigenvalue weighted by Gasteiger charge is -2.29. The Balaban J connectivity index is 1.86. The average molecular weight is 294 g/mol. The van der Waals surface area contributed by atoms with Gasteiger partial charge < -0.3 is 5.73 Å². The fourth-order valence-corrected chi connectivity index (χ4v) is 5.24. The van der Waals surface area contributed by atoms with Crippen LogP contribution in [0.5, 0.6) is 0 Å². The zero-order valence-corrected chi connectivity index (χ0v) is 12.6. The first-order valence-corrected chi connectivity index (χ1v) is 8.75. The van der Waals surface area contributed by atoms with Crippen LogP contribution in [-0.4, -0.2) is 31.9 Å². The molecule has 0 amide bonds. The molecule has 1 heterocycles. The Morgan fingerprint density at radius 3 is 2.75 bits per heavy atom. The summed E-state index contributed by atoms with van der Waals surface area (Å²) in [5.41, 5.74) is 7.14. The summed E-state index contributed by atoms with van der Waals surface area (Å²) >= 11 is 0. The fraction of sp³-hybridized carbons (Fsp3) is 0.600. The number of sulfonamides is 1. The Hall–Kier alpha value is -0.910. The maximum absolute atomic E-state index is 12.7. The molecular formula is C15H22N2O2S. The van der Waals surface area contributed by atoms with E-state index in [9.17, 15) is 8.42 Å². The molecule has 3 atom stereocenters. The van der Waals surface area contributed by atoms with E-state index in [-0.39, 0.29) is 6.04 Å². The maximum atomic E-state index is 12.7. The normalized spacial score (nSPS) is 31.2. The number of fused-ring (bicyclic) bond motifs is 1. The van der Waals surface area contributed by atoms with E-state index >= 15 is 0 Å². The average Bonchev–Trinajstić information content (AvgIpc) is 2.85. The highest BCUT2D eigenvalue weighted by Gasteiger charge is 2.43. The molecule has 0 aromatic heterocycles. The van der Waals surface area contributed by atoms with E-state index in [0.717, 1.165) is 24.8 Å². The zero-order chi connectivity index (χ0) is 14.3. The summed E-state index contributed by atoms with van der Waals surface area (Å²) in [7, 11) is -3.37. The highest BCUT2D eigenvalue weighted by atomic mass is 32.2. The van der Waals surface area contributed by atoms with Crippen LogP contribution in [0.2, 0.25) is 0 Å². The van der Waals surface area contributed by atoms with E-state index in [0.29, 0.717) is 29.8 Å². The van der Waals surface area contributed by atoms with Crippen LogP contribution in [-0.2, 0) is 10.0 Å². The molecule has 1 aliphatic carbocycles. The lowest BCUT2D eigenvalue weighted by Crippen LogP contribution is -2.38. The Kier molecular flexibility index (Phi) is 3.60. The third-order valence-corrected chi connectivity index (χ3v) is 6.58. The SMILES string of the molecule is Cc1cccc(S(=O)(=O)N2CC3CCCC(N)C3C2)c1. The quantitative estimate of drug-likeness (QED) is 0.903. The third-order valence-electron chi connectivity index (χ3n) is 4.75. The predicted molar refractivity (Wildman–Crippen MR) is 78.7 cm³/mol. The van der Waals surface area contributed by atoms with E-state index in [4.69, 9.17) is 5.73 Å². The van der Waals surface area contributed by atoms with Gasteiger partial charge in [0.05, 0.1) is 4.90 Å². The smallest absolute Gasteiger partial charge is 0.243 e. The number of nitrogens with two attached hydrogens (primary N) is 1. The second-order valence-electron chi connectivity index (χ2n) is 6.16. The van der Waals surface area contributed by atoms with Gasteiger partial charge in [-0.3, -0.25) is 0 Å². The molecule has 2 N–H and O–H groups in total. The molecular weight excluding hydrogens is 272 g/mol. The van der Waals surface area contributed by atoms with Crippen molar-refractivity contribution >= 4 is 10.0 Å². The summed E-state index contributed by atoms with van der Waals surface area (Å²) in [6, 6.07) is 7.31. The van der Waals surface area contributed by atoms with Gasteiger partial charge in [0.1, 0.15) is 0 Å². The van der Waals surface area contributed by atoms with Crippen molar-refractivity contribution in [2.24, 2.45) is 17.6 Å². The first-order valence-electron chi connectivity index (χ1n) is 7.31. The highest BCUT2D eigenvalue weighted by molar-refractivity contribution is 7.89. The molecule has 1 saturated heterocycles. The van der Waals surface area contributed by atoms with E-state index in [1.165, 1.54) is 0 Å². The van der Waals surface area contributed by atoms with Crippen LogP contribution in [0.1, 0.15) is 24.8 Å². The first-order chi connectivity index (χ1) is 9.48. The lowest BCUT2D eigenvalue weighted by molar-refractivity contribution is 0.260. The van der Waals surface area contributed by atoms with E-state index < -0.39 is 10.0 Å². The van der Waals surface area contributed by atoms with E-state index in [2.05, 4.69) is 0 Å². The maximum Gasteiger partial charge on any atom is 0.243 e. The van der Waals surface area contributed by atoms with E-state index in [1.807, 2.05) is 13.0 Å². The zero-order valence-electron chi connectivity index (χ0n) is 11.8. The molecule has 20 heavy (non-hydrogen) atoms. The molecule has 110 valence electrons. The number of hydrogen-bond donors (Lipinski definition) is 1. The van der Waals surface area contributed by atoms with Crippen LogP contribution < -0.4 is 5.73 Å². The number of rotatable bonds is 2. The highest BCUT2D eigenvalue weighted by Crippen LogP contribution is 2.37. The second-order valence-corrected chi connectivity index (χ2v) is 8.10. The van der Waals surface area contributed by atoms with Crippen LogP contribution in [0.3, 0.4) is 0 Å². The summed E-state index contributed by atoms with van der Waals surface area (Å²) in [6.07, 6.45) is 3.26. The summed E-state index contributed by atoms with van der Waals surface area (Å²) in [6.45, 7) is 3.13. The second kappa shape index (κ2) is 5.13. The minimum Gasteiger partial charge on any atom is -0.327 e. The molecule has 3 unspecified atom stereocenters. The van der Waals surface area contributed by atoms with Gasteiger partial charge in [0.2, 0.25) is 10.0 Å². The minimum absolute atomic E-state index is 0.159.